The first-order chi connectivity index (χ1) is 3.97. The maximum atomic E-state index is 12.1. The van der Waals surface area contributed by atoms with E-state index in [1.165, 1.54) is 0 Å². The SMILES string of the molecule is CCC1(N)CC(F)(F)C1. The molecule has 3 heteroatoms. The molecule has 0 unspecified atom stereocenters. The zero-order valence-electron chi connectivity index (χ0n) is 5.45. The lowest BCUT2D eigenvalue weighted by atomic mass is 9.73. The summed E-state index contributed by atoms with van der Waals surface area (Å²) in [5.74, 6) is -2.47. The molecule has 0 aromatic rings. The van der Waals surface area contributed by atoms with Gasteiger partial charge in [0.1, 0.15) is 0 Å². The van der Waals surface area contributed by atoms with Gasteiger partial charge in [0, 0.05) is 18.4 Å². The predicted octanol–water partition coefficient (Wildman–Crippen LogP) is 1.52. The van der Waals surface area contributed by atoms with Gasteiger partial charge in [-0.1, -0.05) is 6.92 Å². The minimum atomic E-state index is -2.47. The molecule has 0 aliphatic heterocycles. The standard InChI is InChI=1S/C6H11F2N/c1-2-5(9)3-6(7,8)4-5/h2-4,9H2,1H3. The Morgan fingerprint density at radius 1 is 1.44 bits per heavy atom. The first-order valence-corrected chi connectivity index (χ1v) is 3.14. The van der Waals surface area contributed by atoms with Crippen molar-refractivity contribution in [1.29, 1.82) is 0 Å². The summed E-state index contributed by atoms with van der Waals surface area (Å²) in [6.07, 6.45) is 0.398. The van der Waals surface area contributed by atoms with E-state index in [0.29, 0.717) is 6.42 Å². The Kier molecular flexibility index (Phi) is 1.28. The Morgan fingerprint density at radius 2 is 1.89 bits per heavy atom. The molecular formula is C6H11F2N. The summed E-state index contributed by atoms with van der Waals surface area (Å²) in [5, 5.41) is 0. The quantitative estimate of drug-likeness (QED) is 0.579. The Bertz CT molecular complexity index is 114. The lowest BCUT2D eigenvalue weighted by Crippen LogP contribution is -2.57. The normalized spacial score (nSPS) is 29.3. The van der Waals surface area contributed by atoms with Crippen LogP contribution in [0.15, 0.2) is 0 Å². The fourth-order valence-corrected chi connectivity index (χ4v) is 1.23. The van der Waals surface area contributed by atoms with Crippen LogP contribution >= 0.6 is 0 Å². The van der Waals surface area contributed by atoms with E-state index >= 15 is 0 Å². The third-order valence-corrected chi connectivity index (χ3v) is 1.93. The van der Waals surface area contributed by atoms with E-state index in [-0.39, 0.29) is 12.8 Å². The molecule has 1 aliphatic carbocycles. The van der Waals surface area contributed by atoms with Crippen LogP contribution in [0.25, 0.3) is 0 Å². The van der Waals surface area contributed by atoms with Crippen molar-refractivity contribution in [3.63, 3.8) is 0 Å². The molecule has 2 N–H and O–H groups in total. The maximum absolute atomic E-state index is 12.1. The number of halogens is 2. The topological polar surface area (TPSA) is 26.0 Å². The first-order valence-electron chi connectivity index (χ1n) is 3.14. The second-order valence-electron chi connectivity index (χ2n) is 2.93. The average molecular weight is 135 g/mol. The molecule has 0 bridgehead atoms. The molecule has 0 heterocycles. The highest BCUT2D eigenvalue weighted by Gasteiger charge is 2.52. The molecule has 1 aliphatic rings. The molecule has 1 fully saturated rings. The van der Waals surface area contributed by atoms with Gasteiger partial charge < -0.3 is 5.73 Å². The summed E-state index contributed by atoms with van der Waals surface area (Å²) in [6, 6.07) is 0. The number of alkyl halides is 2. The van der Waals surface area contributed by atoms with Crippen LogP contribution in [0.3, 0.4) is 0 Å². The number of hydrogen-bond donors (Lipinski definition) is 1. The lowest BCUT2D eigenvalue weighted by molar-refractivity contribution is -0.122. The molecule has 1 rings (SSSR count). The van der Waals surface area contributed by atoms with Crippen LogP contribution in [0.2, 0.25) is 0 Å². The van der Waals surface area contributed by atoms with Crippen molar-refractivity contribution in [1.82, 2.24) is 0 Å². The molecule has 1 saturated carbocycles. The number of hydrogen-bond acceptors (Lipinski definition) is 1. The maximum Gasteiger partial charge on any atom is 0.251 e. The third kappa shape index (κ3) is 1.21. The van der Waals surface area contributed by atoms with Gasteiger partial charge in [0.05, 0.1) is 0 Å². The van der Waals surface area contributed by atoms with Crippen LogP contribution in [0.5, 0.6) is 0 Å². The second kappa shape index (κ2) is 1.66. The van der Waals surface area contributed by atoms with Gasteiger partial charge in [0.2, 0.25) is 0 Å². The van der Waals surface area contributed by atoms with Gasteiger partial charge in [0.15, 0.2) is 0 Å². The molecule has 0 spiro atoms. The second-order valence-corrected chi connectivity index (χ2v) is 2.93. The van der Waals surface area contributed by atoms with Crippen LogP contribution in [0.4, 0.5) is 8.78 Å². The van der Waals surface area contributed by atoms with Crippen LogP contribution in [-0.2, 0) is 0 Å². The molecule has 0 radical (unpaired) electrons. The van der Waals surface area contributed by atoms with Gasteiger partial charge in [-0.15, -0.1) is 0 Å². The minimum Gasteiger partial charge on any atom is -0.325 e. The highest BCUT2D eigenvalue weighted by atomic mass is 19.3. The Balaban J connectivity index is 2.41. The van der Waals surface area contributed by atoms with Crippen molar-refractivity contribution in [3.8, 4) is 0 Å². The molecular weight excluding hydrogens is 124 g/mol. The van der Waals surface area contributed by atoms with Crippen LogP contribution in [0.1, 0.15) is 26.2 Å². The van der Waals surface area contributed by atoms with Gasteiger partial charge >= 0.3 is 0 Å². The van der Waals surface area contributed by atoms with E-state index in [1.54, 1.807) is 0 Å². The van der Waals surface area contributed by atoms with Gasteiger partial charge in [-0.05, 0) is 6.42 Å². The van der Waals surface area contributed by atoms with E-state index in [0.717, 1.165) is 0 Å². The van der Waals surface area contributed by atoms with Crippen molar-refractivity contribution in [2.45, 2.75) is 37.6 Å². The molecule has 0 aromatic heterocycles. The zero-order valence-corrected chi connectivity index (χ0v) is 5.45. The van der Waals surface area contributed by atoms with E-state index in [4.69, 9.17) is 5.73 Å². The summed E-state index contributed by atoms with van der Waals surface area (Å²) < 4.78 is 24.3. The van der Waals surface area contributed by atoms with E-state index < -0.39 is 11.5 Å². The van der Waals surface area contributed by atoms with Crippen molar-refractivity contribution < 1.29 is 8.78 Å². The van der Waals surface area contributed by atoms with Crippen molar-refractivity contribution in [3.05, 3.63) is 0 Å². The largest absolute Gasteiger partial charge is 0.325 e. The monoisotopic (exact) mass is 135 g/mol. The fourth-order valence-electron chi connectivity index (χ4n) is 1.23. The highest BCUT2D eigenvalue weighted by Crippen LogP contribution is 2.45. The van der Waals surface area contributed by atoms with Gasteiger partial charge in [0.25, 0.3) is 5.92 Å². The summed E-state index contributed by atoms with van der Waals surface area (Å²) in [5.41, 5.74) is 4.95. The Labute approximate surface area is 53.2 Å². The van der Waals surface area contributed by atoms with Crippen molar-refractivity contribution in [2.75, 3.05) is 0 Å². The Hall–Kier alpha value is -0.180. The van der Waals surface area contributed by atoms with Gasteiger partial charge in [-0.3, -0.25) is 0 Å². The molecule has 1 nitrogen and oxygen atoms in total. The number of nitrogens with two attached hydrogens (primary N) is 1. The van der Waals surface area contributed by atoms with Crippen LogP contribution in [0, 0.1) is 0 Å². The van der Waals surface area contributed by atoms with Crippen LogP contribution < -0.4 is 5.73 Å². The summed E-state index contributed by atoms with van der Waals surface area (Å²) >= 11 is 0. The van der Waals surface area contributed by atoms with Crippen molar-refractivity contribution in [2.24, 2.45) is 5.73 Å². The molecule has 9 heavy (non-hydrogen) atoms. The molecule has 54 valence electrons. The number of rotatable bonds is 1. The zero-order chi connectivity index (χ0) is 7.12. The highest BCUT2D eigenvalue weighted by molar-refractivity contribution is 5.02. The average Bonchev–Trinajstić information content (AvgIpc) is 1.61. The van der Waals surface area contributed by atoms with E-state index in [2.05, 4.69) is 0 Å². The fraction of sp³-hybridized carbons (Fsp3) is 1.00. The van der Waals surface area contributed by atoms with E-state index in [1.807, 2.05) is 6.92 Å². The van der Waals surface area contributed by atoms with E-state index in [9.17, 15) is 8.78 Å². The summed E-state index contributed by atoms with van der Waals surface area (Å²) in [4.78, 5) is 0. The van der Waals surface area contributed by atoms with Gasteiger partial charge in [-0.25, -0.2) is 8.78 Å². The third-order valence-electron chi connectivity index (χ3n) is 1.93. The molecule has 0 saturated heterocycles. The van der Waals surface area contributed by atoms with Crippen LogP contribution in [-0.4, -0.2) is 11.5 Å². The summed E-state index contributed by atoms with van der Waals surface area (Å²) in [6.45, 7) is 1.84. The predicted molar refractivity (Wildman–Crippen MR) is 31.4 cm³/mol. The molecule has 0 atom stereocenters. The molecule has 0 aromatic carbocycles. The minimum absolute atomic E-state index is 0.128. The lowest BCUT2D eigenvalue weighted by Gasteiger charge is -2.43. The molecule has 0 amide bonds. The Morgan fingerprint density at radius 3 is 2.00 bits per heavy atom. The van der Waals surface area contributed by atoms with Crippen molar-refractivity contribution >= 4 is 0 Å². The van der Waals surface area contributed by atoms with Gasteiger partial charge in [-0.2, -0.15) is 0 Å². The smallest absolute Gasteiger partial charge is 0.251 e. The first kappa shape index (κ1) is 6.93. The summed E-state index contributed by atoms with van der Waals surface area (Å²) in [7, 11) is 0.